The lowest BCUT2D eigenvalue weighted by Gasteiger charge is -2.24. The molecule has 0 spiro atoms. The maximum Gasteiger partial charge on any atom is 0.335 e. The summed E-state index contributed by atoms with van der Waals surface area (Å²) in [7, 11) is 0. The molecule has 0 saturated carbocycles. The second-order valence-corrected chi connectivity index (χ2v) is 7.48. The highest BCUT2D eigenvalue weighted by atomic mass is 35.5. The van der Waals surface area contributed by atoms with Crippen LogP contribution < -0.4 is 10.2 Å². The molecule has 7 heteroatoms. The zero-order valence-corrected chi connectivity index (χ0v) is 17.8. The van der Waals surface area contributed by atoms with Crippen molar-refractivity contribution in [2.24, 2.45) is 0 Å². The van der Waals surface area contributed by atoms with E-state index >= 15 is 0 Å². The van der Waals surface area contributed by atoms with Crippen LogP contribution in [0, 0.1) is 13.8 Å². The third-order valence-corrected chi connectivity index (χ3v) is 5.20. The molecule has 158 valence electrons. The molecule has 3 aromatic rings. The Labute approximate surface area is 185 Å². The van der Waals surface area contributed by atoms with Crippen LogP contribution in [-0.2, 0) is 4.79 Å². The van der Waals surface area contributed by atoms with E-state index in [0.717, 1.165) is 11.1 Å². The summed E-state index contributed by atoms with van der Waals surface area (Å²) >= 11 is 6.22. The quantitative estimate of drug-likeness (QED) is 0.573. The molecule has 0 aliphatic rings. The first-order valence-electron chi connectivity index (χ1n) is 9.53. The molecule has 0 atom stereocenters. The van der Waals surface area contributed by atoms with E-state index in [1.54, 1.807) is 30.3 Å². The summed E-state index contributed by atoms with van der Waals surface area (Å²) in [4.78, 5) is 38.4. The van der Waals surface area contributed by atoms with Gasteiger partial charge in [0.2, 0.25) is 5.91 Å². The zero-order valence-electron chi connectivity index (χ0n) is 17.1. The number of carbonyl (C=O) groups excluding carboxylic acids is 2. The van der Waals surface area contributed by atoms with Gasteiger partial charge in [-0.05, 0) is 73.5 Å². The standard InChI is InChI=1S/C24H21ClN2O4/c1-15-7-12-19(13-16(15)2)27(23(29)20-5-3-4-6-21(20)25)14-22(28)26-18-10-8-17(9-11-18)24(30)31/h3-13H,14H2,1-2H3,(H,26,28)(H,30,31). The summed E-state index contributed by atoms with van der Waals surface area (Å²) in [6.45, 7) is 3.65. The molecule has 0 saturated heterocycles. The Kier molecular flexibility index (Phi) is 6.72. The molecule has 6 nitrogen and oxygen atoms in total. The van der Waals surface area contributed by atoms with E-state index in [4.69, 9.17) is 16.7 Å². The van der Waals surface area contributed by atoms with E-state index in [0.29, 0.717) is 22.0 Å². The number of anilines is 2. The van der Waals surface area contributed by atoms with E-state index in [9.17, 15) is 14.4 Å². The minimum absolute atomic E-state index is 0.114. The number of carboxylic acids is 1. The average Bonchev–Trinajstić information content (AvgIpc) is 2.74. The molecule has 3 rings (SSSR count). The van der Waals surface area contributed by atoms with Crippen molar-refractivity contribution in [3.63, 3.8) is 0 Å². The SMILES string of the molecule is Cc1ccc(N(CC(=O)Nc2ccc(C(=O)O)cc2)C(=O)c2ccccc2Cl)cc1C. The number of benzene rings is 3. The van der Waals surface area contributed by atoms with Gasteiger partial charge in [-0.25, -0.2) is 4.79 Å². The highest BCUT2D eigenvalue weighted by molar-refractivity contribution is 6.34. The van der Waals surface area contributed by atoms with Crippen molar-refractivity contribution in [2.75, 3.05) is 16.8 Å². The predicted octanol–water partition coefficient (Wildman–Crippen LogP) is 4.94. The Morgan fingerprint density at radius 1 is 0.935 bits per heavy atom. The van der Waals surface area contributed by atoms with Crippen molar-refractivity contribution >= 4 is 40.8 Å². The molecular formula is C24H21ClN2O4. The van der Waals surface area contributed by atoms with E-state index in [1.165, 1.54) is 29.2 Å². The normalized spacial score (nSPS) is 10.4. The van der Waals surface area contributed by atoms with Crippen LogP contribution in [0.4, 0.5) is 11.4 Å². The molecule has 0 aromatic heterocycles. The third kappa shape index (κ3) is 5.29. The Morgan fingerprint density at radius 3 is 2.23 bits per heavy atom. The Balaban J connectivity index is 1.87. The fourth-order valence-corrected chi connectivity index (χ4v) is 3.21. The molecule has 0 heterocycles. The van der Waals surface area contributed by atoms with Crippen LogP contribution in [0.1, 0.15) is 31.8 Å². The van der Waals surface area contributed by atoms with Crippen LogP contribution in [0.25, 0.3) is 0 Å². The largest absolute Gasteiger partial charge is 0.478 e. The number of aromatic carboxylic acids is 1. The number of carbonyl (C=O) groups is 3. The number of halogens is 1. The van der Waals surface area contributed by atoms with Crippen molar-refractivity contribution in [1.29, 1.82) is 0 Å². The first-order valence-corrected chi connectivity index (χ1v) is 9.91. The van der Waals surface area contributed by atoms with Gasteiger partial charge in [-0.2, -0.15) is 0 Å². The molecule has 3 aromatic carbocycles. The highest BCUT2D eigenvalue weighted by Crippen LogP contribution is 2.24. The van der Waals surface area contributed by atoms with Crippen LogP contribution in [0.2, 0.25) is 5.02 Å². The topological polar surface area (TPSA) is 86.7 Å². The van der Waals surface area contributed by atoms with E-state index in [1.807, 2.05) is 26.0 Å². The van der Waals surface area contributed by atoms with Crippen LogP contribution in [-0.4, -0.2) is 29.4 Å². The number of carboxylic acid groups (broad SMARTS) is 1. The second kappa shape index (κ2) is 9.45. The van der Waals surface area contributed by atoms with Crippen molar-refractivity contribution < 1.29 is 19.5 Å². The lowest BCUT2D eigenvalue weighted by Crippen LogP contribution is -2.38. The molecule has 31 heavy (non-hydrogen) atoms. The summed E-state index contributed by atoms with van der Waals surface area (Å²) in [5.74, 6) is -1.88. The minimum Gasteiger partial charge on any atom is -0.478 e. The molecule has 0 bridgehead atoms. The van der Waals surface area contributed by atoms with Gasteiger partial charge in [0.25, 0.3) is 5.91 Å². The van der Waals surface area contributed by atoms with Gasteiger partial charge >= 0.3 is 5.97 Å². The number of aryl methyl sites for hydroxylation is 2. The van der Waals surface area contributed by atoms with E-state index < -0.39 is 17.8 Å². The Morgan fingerprint density at radius 2 is 1.61 bits per heavy atom. The molecular weight excluding hydrogens is 416 g/mol. The summed E-state index contributed by atoms with van der Waals surface area (Å²) in [5, 5.41) is 12.0. The fraction of sp³-hybridized carbons (Fsp3) is 0.125. The third-order valence-electron chi connectivity index (χ3n) is 4.87. The smallest absolute Gasteiger partial charge is 0.335 e. The minimum atomic E-state index is -1.05. The molecule has 0 unspecified atom stereocenters. The summed E-state index contributed by atoms with van der Waals surface area (Å²) in [6, 6.07) is 18.0. The van der Waals surface area contributed by atoms with Gasteiger partial charge in [-0.1, -0.05) is 29.8 Å². The highest BCUT2D eigenvalue weighted by Gasteiger charge is 2.23. The lowest BCUT2D eigenvalue weighted by atomic mass is 10.1. The molecule has 2 amide bonds. The predicted molar refractivity (Wildman–Crippen MR) is 121 cm³/mol. The number of hydrogen-bond acceptors (Lipinski definition) is 3. The van der Waals surface area contributed by atoms with Crippen LogP contribution >= 0.6 is 11.6 Å². The second-order valence-electron chi connectivity index (χ2n) is 7.07. The van der Waals surface area contributed by atoms with Crippen LogP contribution in [0.15, 0.2) is 66.7 Å². The van der Waals surface area contributed by atoms with Gasteiger partial charge in [-0.15, -0.1) is 0 Å². The number of rotatable bonds is 6. The monoisotopic (exact) mass is 436 g/mol. The van der Waals surface area contributed by atoms with Crippen molar-refractivity contribution in [1.82, 2.24) is 0 Å². The number of nitrogens with one attached hydrogen (secondary N) is 1. The molecule has 0 fully saturated rings. The fourth-order valence-electron chi connectivity index (χ4n) is 2.99. The maximum atomic E-state index is 13.3. The van der Waals surface area contributed by atoms with Gasteiger partial charge in [0.1, 0.15) is 6.54 Å². The summed E-state index contributed by atoms with van der Waals surface area (Å²) in [6.07, 6.45) is 0. The Bertz CT molecular complexity index is 1140. The van der Waals surface area contributed by atoms with Gasteiger partial charge < -0.3 is 10.4 Å². The summed E-state index contributed by atoms with van der Waals surface area (Å²) < 4.78 is 0. The van der Waals surface area contributed by atoms with Crippen LogP contribution in [0.3, 0.4) is 0 Å². The average molecular weight is 437 g/mol. The first kappa shape index (κ1) is 22.1. The van der Waals surface area contributed by atoms with Gasteiger partial charge in [-0.3, -0.25) is 14.5 Å². The number of amides is 2. The van der Waals surface area contributed by atoms with Gasteiger partial charge in [0.15, 0.2) is 0 Å². The number of hydrogen-bond donors (Lipinski definition) is 2. The van der Waals surface area contributed by atoms with Crippen molar-refractivity contribution in [2.45, 2.75) is 13.8 Å². The lowest BCUT2D eigenvalue weighted by molar-refractivity contribution is -0.114. The molecule has 2 N–H and O–H groups in total. The molecule has 0 radical (unpaired) electrons. The first-order chi connectivity index (χ1) is 14.8. The van der Waals surface area contributed by atoms with Gasteiger partial charge in [0, 0.05) is 11.4 Å². The molecule has 0 aliphatic heterocycles. The van der Waals surface area contributed by atoms with Crippen molar-refractivity contribution in [3.05, 3.63) is 94.0 Å². The molecule has 0 aliphatic carbocycles. The Hall–Kier alpha value is -3.64. The van der Waals surface area contributed by atoms with Crippen molar-refractivity contribution in [3.8, 4) is 0 Å². The maximum absolute atomic E-state index is 13.3. The van der Waals surface area contributed by atoms with E-state index in [2.05, 4.69) is 5.32 Å². The zero-order chi connectivity index (χ0) is 22.5. The van der Waals surface area contributed by atoms with Gasteiger partial charge in [0.05, 0.1) is 16.1 Å². The van der Waals surface area contributed by atoms with Crippen LogP contribution in [0.5, 0.6) is 0 Å². The van der Waals surface area contributed by atoms with E-state index in [-0.39, 0.29) is 12.1 Å². The summed E-state index contributed by atoms with van der Waals surface area (Å²) in [5.41, 5.74) is 3.46. The number of nitrogens with zero attached hydrogens (tertiary/aromatic N) is 1.